The Morgan fingerprint density at radius 1 is 1.00 bits per heavy atom. The van der Waals surface area contributed by atoms with E-state index >= 15 is 0 Å². The Morgan fingerprint density at radius 2 is 1.66 bits per heavy atom. The SMILES string of the molecule is CCCCCCCCCOC(=O)C[N+](C)(C)CCO[C@H]1C[C@H]2CC[C@]1(C)C2(C)C. The largest absolute Gasteiger partial charge is 0.462 e. The summed E-state index contributed by atoms with van der Waals surface area (Å²) in [5.74, 6) is 0.732. The van der Waals surface area contributed by atoms with E-state index < -0.39 is 0 Å². The van der Waals surface area contributed by atoms with Gasteiger partial charge in [0.15, 0.2) is 6.54 Å². The first kappa shape index (κ1) is 24.7. The first-order chi connectivity index (χ1) is 13.6. The molecule has 0 saturated heterocycles. The van der Waals surface area contributed by atoms with Gasteiger partial charge in [0.05, 0.1) is 33.4 Å². The Morgan fingerprint density at radius 3 is 2.24 bits per heavy atom. The second kappa shape index (κ2) is 10.6. The highest BCUT2D eigenvalue weighted by Crippen LogP contribution is 2.66. The molecule has 2 aliphatic rings. The molecule has 2 rings (SSSR count). The summed E-state index contributed by atoms with van der Waals surface area (Å²) in [5, 5.41) is 0. The summed E-state index contributed by atoms with van der Waals surface area (Å²) in [6.45, 7) is 12.1. The number of quaternary nitrogens is 1. The molecule has 0 radical (unpaired) electrons. The van der Waals surface area contributed by atoms with Gasteiger partial charge in [0.2, 0.25) is 0 Å². The van der Waals surface area contributed by atoms with E-state index in [4.69, 9.17) is 9.47 Å². The number of unbranched alkanes of at least 4 members (excludes halogenated alkanes) is 6. The molecule has 0 aromatic rings. The number of rotatable bonds is 14. The molecule has 4 heteroatoms. The molecule has 0 heterocycles. The molecule has 0 N–H and O–H groups in total. The Bertz CT molecular complexity index is 516. The molecule has 0 aromatic heterocycles. The molecule has 3 atom stereocenters. The first-order valence-electron chi connectivity index (χ1n) is 12.2. The Hall–Kier alpha value is -0.610. The van der Waals surface area contributed by atoms with E-state index in [1.807, 2.05) is 0 Å². The molecule has 4 nitrogen and oxygen atoms in total. The molecule has 2 fully saturated rings. The standard InChI is InChI=1S/C25H48NO3/c1-7-8-9-10-11-12-13-17-29-23(27)20-26(5,6)16-18-28-22-19-21-14-15-25(22,4)24(21,2)3/h21-22H,7-20H2,1-6H3/q+1/t21-,22+,25+/m1/s1. The van der Waals surface area contributed by atoms with E-state index in [-0.39, 0.29) is 5.97 Å². The molecule has 2 aliphatic carbocycles. The summed E-state index contributed by atoms with van der Waals surface area (Å²) in [4.78, 5) is 12.2. The van der Waals surface area contributed by atoms with Crippen molar-refractivity contribution in [3.8, 4) is 0 Å². The molecule has 2 saturated carbocycles. The van der Waals surface area contributed by atoms with Crippen molar-refractivity contribution in [1.29, 1.82) is 0 Å². The van der Waals surface area contributed by atoms with Crippen molar-refractivity contribution in [2.75, 3.05) is 40.4 Å². The van der Waals surface area contributed by atoms with Crippen molar-refractivity contribution in [3.05, 3.63) is 0 Å². The third-order valence-electron chi connectivity index (χ3n) is 8.30. The van der Waals surface area contributed by atoms with Gasteiger partial charge in [0.1, 0.15) is 6.54 Å². The monoisotopic (exact) mass is 410 g/mol. The zero-order valence-corrected chi connectivity index (χ0v) is 20.2. The van der Waals surface area contributed by atoms with Gasteiger partial charge in [-0.15, -0.1) is 0 Å². The lowest BCUT2D eigenvalue weighted by Gasteiger charge is -2.39. The van der Waals surface area contributed by atoms with Gasteiger partial charge in [-0.2, -0.15) is 0 Å². The zero-order chi connectivity index (χ0) is 21.5. The van der Waals surface area contributed by atoms with Crippen LogP contribution < -0.4 is 0 Å². The fraction of sp³-hybridized carbons (Fsp3) is 0.960. The van der Waals surface area contributed by atoms with Crippen molar-refractivity contribution < 1.29 is 18.8 Å². The summed E-state index contributed by atoms with van der Waals surface area (Å²) < 4.78 is 12.5. The molecule has 0 spiro atoms. The van der Waals surface area contributed by atoms with E-state index in [1.54, 1.807) is 0 Å². The predicted molar refractivity (Wildman–Crippen MR) is 120 cm³/mol. The van der Waals surface area contributed by atoms with Crippen molar-refractivity contribution in [1.82, 2.24) is 0 Å². The van der Waals surface area contributed by atoms with Crippen LogP contribution in [0.15, 0.2) is 0 Å². The number of hydrogen-bond donors (Lipinski definition) is 0. The number of hydrogen-bond acceptors (Lipinski definition) is 3. The zero-order valence-electron chi connectivity index (χ0n) is 20.2. The predicted octanol–water partition coefficient (Wildman–Crippen LogP) is 5.59. The van der Waals surface area contributed by atoms with Crippen LogP contribution in [-0.2, 0) is 14.3 Å². The number of fused-ring (bicyclic) bond motifs is 2. The highest BCUT2D eigenvalue weighted by atomic mass is 16.5. The third-order valence-corrected chi connectivity index (χ3v) is 8.30. The van der Waals surface area contributed by atoms with E-state index in [9.17, 15) is 4.79 Å². The minimum Gasteiger partial charge on any atom is -0.462 e. The summed E-state index contributed by atoms with van der Waals surface area (Å²) in [6.07, 6.45) is 12.9. The van der Waals surface area contributed by atoms with Gasteiger partial charge in [0, 0.05) is 0 Å². The van der Waals surface area contributed by atoms with Crippen LogP contribution in [-0.4, -0.2) is 57.0 Å². The molecule has 0 amide bonds. The van der Waals surface area contributed by atoms with Crippen LogP contribution in [0, 0.1) is 16.7 Å². The minimum absolute atomic E-state index is 0.0750. The lowest BCUT2D eigenvalue weighted by atomic mass is 9.70. The average molecular weight is 411 g/mol. The van der Waals surface area contributed by atoms with Crippen LogP contribution in [0.3, 0.4) is 0 Å². The molecule has 170 valence electrons. The number of esters is 1. The maximum absolute atomic E-state index is 12.2. The van der Waals surface area contributed by atoms with E-state index in [1.165, 1.54) is 57.8 Å². The highest BCUT2D eigenvalue weighted by molar-refractivity contribution is 5.70. The van der Waals surface area contributed by atoms with Gasteiger partial charge in [-0.25, -0.2) is 4.79 Å². The Balaban J connectivity index is 1.58. The van der Waals surface area contributed by atoms with Gasteiger partial charge >= 0.3 is 5.97 Å². The molecule has 29 heavy (non-hydrogen) atoms. The summed E-state index contributed by atoms with van der Waals surface area (Å²) in [7, 11) is 4.20. The second-order valence-corrected chi connectivity index (χ2v) is 11.1. The van der Waals surface area contributed by atoms with Crippen molar-refractivity contribution >= 4 is 5.97 Å². The maximum atomic E-state index is 12.2. The normalized spacial score (nSPS) is 28.1. The first-order valence-corrected chi connectivity index (χ1v) is 12.2. The quantitative estimate of drug-likeness (QED) is 0.213. The smallest absolute Gasteiger partial charge is 0.361 e. The molecule has 0 unspecified atom stereocenters. The van der Waals surface area contributed by atoms with Crippen LogP contribution >= 0.6 is 0 Å². The van der Waals surface area contributed by atoms with Gasteiger partial charge < -0.3 is 14.0 Å². The van der Waals surface area contributed by atoms with Crippen LogP contribution in [0.2, 0.25) is 0 Å². The third kappa shape index (κ3) is 6.43. The van der Waals surface area contributed by atoms with Crippen LogP contribution in [0.5, 0.6) is 0 Å². The van der Waals surface area contributed by atoms with Crippen molar-refractivity contribution in [3.63, 3.8) is 0 Å². The van der Waals surface area contributed by atoms with Crippen molar-refractivity contribution in [2.24, 2.45) is 16.7 Å². The van der Waals surface area contributed by atoms with Crippen LogP contribution in [0.25, 0.3) is 0 Å². The fourth-order valence-corrected chi connectivity index (χ4v) is 5.54. The number of ether oxygens (including phenoxy) is 2. The average Bonchev–Trinajstić information content (AvgIpc) is 2.97. The molecular weight excluding hydrogens is 362 g/mol. The van der Waals surface area contributed by atoms with E-state index in [0.29, 0.717) is 34.6 Å². The lowest BCUT2D eigenvalue weighted by Crippen LogP contribution is -2.47. The molecule has 0 aliphatic heterocycles. The van der Waals surface area contributed by atoms with Gasteiger partial charge in [-0.05, 0) is 42.4 Å². The van der Waals surface area contributed by atoms with Crippen LogP contribution in [0.1, 0.15) is 91.9 Å². The number of nitrogens with zero attached hydrogens (tertiary/aromatic N) is 1. The van der Waals surface area contributed by atoms with Crippen LogP contribution in [0.4, 0.5) is 0 Å². The maximum Gasteiger partial charge on any atom is 0.361 e. The van der Waals surface area contributed by atoms with E-state index in [0.717, 1.165) is 25.5 Å². The van der Waals surface area contributed by atoms with Gasteiger partial charge in [0.25, 0.3) is 0 Å². The minimum atomic E-state index is -0.0750. The van der Waals surface area contributed by atoms with Gasteiger partial charge in [-0.1, -0.05) is 66.2 Å². The number of likely N-dealkylation sites (N-methyl/N-ethyl adjacent to an activating group) is 1. The summed E-state index contributed by atoms with van der Waals surface area (Å²) >= 11 is 0. The Kier molecular flexibility index (Phi) is 9.03. The summed E-state index contributed by atoms with van der Waals surface area (Å²) in [6, 6.07) is 0. The lowest BCUT2D eigenvalue weighted by molar-refractivity contribution is -0.883. The second-order valence-electron chi connectivity index (χ2n) is 11.1. The van der Waals surface area contributed by atoms with Gasteiger partial charge in [-0.3, -0.25) is 0 Å². The topological polar surface area (TPSA) is 35.5 Å². The molecule has 0 aromatic carbocycles. The number of carbonyl (C=O) groups is 1. The highest BCUT2D eigenvalue weighted by Gasteiger charge is 2.61. The van der Waals surface area contributed by atoms with E-state index in [2.05, 4.69) is 41.8 Å². The summed E-state index contributed by atoms with van der Waals surface area (Å²) in [5.41, 5.74) is 0.701. The molecule has 2 bridgehead atoms. The Labute approximate surface area is 180 Å². The fourth-order valence-electron chi connectivity index (χ4n) is 5.54. The molecular formula is C25H48NO3+. The number of carbonyl (C=O) groups excluding carboxylic acids is 1. The van der Waals surface area contributed by atoms with Crippen molar-refractivity contribution in [2.45, 2.75) is 98.0 Å².